The molecule has 2 aromatic rings. The average Bonchev–Trinajstić information content (AvgIpc) is 3.10. The Bertz CT molecular complexity index is 736. The van der Waals surface area contributed by atoms with Crippen molar-refractivity contribution < 1.29 is 4.79 Å². The fraction of sp³-hybridized carbons (Fsp3) is 0.474. The van der Waals surface area contributed by atoms with Crippen molar-refractivity contribution in [3.8, 4) is 0 Å². The lowest BCUT2D eigenvalue weighted by Gasteiger charge is -2.22. The third kappa shape index (κ3) is 3.72. The van der Waals surface area contributed by atoms with E-state index in [1.165, 1.54) is 5.56 Å². The largest absolute Gasteiger partial charge is 0.336 e. The van der Waals surface area contributed by atoms with Crippen LogP contribution in [0, 0.1) is 6.92 Å². The molecule has 0 spiro atoms. The van der Waals surface area contributed by atoms with E-state index in [2.05, 4.69) is 38.0 Å². The molecule has 1 aromatic heterocycles. The van der Waals surface area contributed by atoms with Crippen LogP contribution in [0.25, 0.3) is 0 Å². The lowest BCUT2D eigenvalue weighted by atomic mass is 9.95. The number of aromatic nitrogens is 2. The van der Waals surface area contributed by atoms with Crippen LogP contribution in [0.15, 0.2) is 36.5 Å². The molecule has 2 N–H and O–H groups in total. The minimum Gasteiger partial charge on any atom is -0.336 e. The predicted octanol–water partition coefficient (Wildman–Crippen LogP) is 2.94. The van der Waals surface area contributed by atoms with Crippen LogP contribution < -0.4 is 5.73 Å². The van der Waals surface area contributed by atoms with E-state index in [4.69, 9.17) is 5.73 Å². The van der Waals surface area contributed by atoms with Crippen LogP contribution in [0.3, 0.4) is 0 Å². The quantitative estimate of drug-likeness (QED) is 0.893. The summed E-state index contributed by atoms with van der Waals surface area (Å²) < 4.78 is 1.91. The number of carbonyl (C=O) groups is 1. The molecule has 2 atom stereocenters. The molecule has 25 heavy (non-hydrogen) atoms. The zero-order chi connectivity index (χ0) is 17.5. The first-order valence-corrected chi connectivity index (χ1v) is 8.44. The molecule has 1 aliphatic heterocycles. The van der Waals surface area contributed by atoms with Gasteiger partial charge in [0.1, 0.15) is 0 Å². The summed E-state index contributed by atoms with van der Waals surface area (Å²) in [6.07, 6.45) is 1.68. The molecule has 3 rings (SSSR count). The van der Waals surface area contributed by atoms with Gasteiger partial charge in [-0.1, -0.05) is 30.3 Å². The number of nitrogens with two attached hydrogens (primary N) is 1. The van der Waals surface area contributed by atoms with Gasteiger partial charge in [0.15, 0.2) is 0 Å². The molecule has 1 aromatic carbocycles. The van der Waals surface area contributed by atoms with E-state index in [0.29, 0.717) is 18.7 Å². The highest BCUT2D eigenvalue weighted by Gasteiger charge is 2.35. The molecule has 136 valence electrons. The third-order valence-corrected chi connectivity index (χ3v) is 4.76. The molecule has 5 nitrogen and oxygen atoms in total. The van der Waals surface area contributed by atoms with Crippen molar-refractivity contribution in [2.75, 3.05) is 13.1 Å². The van der Waals surface area contributed by atoms with E-state index in [-0.39, 0.29) is 35.8 Å². The third-order valence-electron chi connectivity index (χ3n) is 4.76. The number of hydrogen-bond donors (Lipinski definition) is 1. The van der Waals surface area contributed by atoms with Gasteiger partial charge in [0.2, 0.25) is 0 Å². The topological polar surface area (TPSA) is 64.2 Å². The van der Waals surface area contributed by atoms with Crippen LogP contribution >= 0.6 is 12.4 Å². The summed E-state index contributed by atoms with van der Waals surface area (Å²) in [6.45, 7) is 9.44. The van der Waals surface area contributed by atoms with Gasteiger partial charge < -0.3 is 10.6 Å². The summed E-state index contributed by atoms with van der Waals surface area (Å²) in [4.78, 5) is 14.8. The van der Waals surface area contributed by atoms with E-state index in [1.807, 2.05) is 34.7 Å². The molecular weight excluding hydrogens is 336 g/mol. The first-order chi connectivity index (χ1) is 11.3. The monoisotopic (exact) mass is 362 g/mol. The van der Waals surface area contributed by atoms with Gasteiger partial charge in [0, 0.05) is 30.7 Å². The van der Waals surface area contributed by atoms with Crippen LogP contribution in [-0.4, -0.2) is 39.7 Å². The predicted molar refractivity (Wildman–Crippen MR) is 102 cm³/mol. The van der Waals surface area contributed by atoms with Gasteiger partial charge >= 0.3 is 0 Å². The molecule has 1 saturated heterocycles. The van der Waals surface area contributed by atoms with Crippen LogP contribution in [0.5, 0.6) is 0 Å². The zero-order valence-electron chi connectivity index (χ0n) is 15.3. The Morgan fingerprint density at radius 1 is 1.20 bits per heavy atom. The summed E-state index contributed by atoms with van der Waals surface area (Å²) in [5, 5.41) is 4.41. The average molecular weight is 363 g/mol. The van der Waals surface area contributed by atoms with Gasteiger partial charge in [-0.3, -0.25) is 9.48 Å². The van der Waals surface area contributed by atoms with E-state index in [9.17, 15) is 4.79 Å². The zero-order valence-corrected chi connectivity index (χ0v) is 16.1. The van der Waals surface area contributed by atoms with E-state index >= 15 is 0 Å². The number of likely N-dealkylation sites (tertiary alicyclic amines) is 1. The maximum absolute atomic E-state index is 12.9. The van der Waals surface area contributed by atoms with Gasteiger partial charge in [0.05, 0.1) is 17.3 Å². The van der Waals surface area contributed by atoms with Gasteiger partial charge in [-0.15, -0.1) is 12.4 Å². The number of benzene rings is 1. The minimum atomic E-state index is -0.142. The standard InChI is InChI=1S/C19H26N4O.ClH/c1-13-15(10-21-23(13)19(2,3)4)18(24)22-11-16(17(20)12-22)14-8-6-5-7-9-14;/h5-10,16-17H,11-12,20H2,1-4H3;1H/t16-,17+;/m0./s1. The molecule has 0 saturated carbocycles. The van der Waals surface area contributed by atoms with E-state index in [0.717, 1.165) is 5.69 Å². The van der Waals surface area contributed by atoms with Crippen molar-refractivity contribution in [1.82, 2.24) is 14.7 Å². The Kier molecular flexibility index (Phi) is 5.59. The van der Waals surface area contributed by atoms with Gasteiger partial charge in [-0.05, 0) is 33.3 Å². The van der Waals surface area contributed by atoms with Crippen molar-refractivity contribution in [2.45, 2.75) is 45.2 Å². The molecule has 0 radical (unpaired) electrons. The number of carbonyl (C=O) groups excluding carboxylic acids is 1. The summed E-state index contributed by atoms with van der Waals surface area (Å²) in [7, 11) is 0. The fourth-order valence-corrected chi connectivity index (χ4v) is 3.51. The fourth-order valence-electron chi connectivity index (χ4n) is 3.51. The Morgan fingerprint density at radius 2 is 1.84 bits per heavy atom. The number of nitrogens with zero attached hydrogens (tertiary/aromatic N) is 3. The highest BCUT2D eigenvalue weighted by atomic mass is 35.5. The molecule has 1 aliphatic rings. The summed E-state index contributed by atoms with van der Waals surface area (Å²) in [6, 6.07) is 10.2. The SMILES string of the molecule is Cc1c(C(=O)N2C[C@@H](N)[C@H](c3ccccc3)C2)cnn1C(C)(C)C.Cl. The molecule has 1 amide bonds. The minimum absolute atomic E-state index is 0. The molecule has 2 heterocycles. The normalized spacial score (nSPS) is 20.4. The Balaban J connectivity index is 0.00000225. The first kappa shape index (κ1) is 19.5. The number of rotatable bonds is 2. The van der Waals surface area contributed by atoms with Crippen molar-refractivity contribution in [2.24, 2.45) is 5.73 Å². The lowest BCUT2D eigenvalue weighted by molar-refractivity contribution is 0.0788. The summed E-state index contributed by atoms with van der Waals surface area (Å²) in [5.41, 5.74) is 8.95. The molecule has 6 heteroatoms. The van der Waals surface area contributed by atoms with E-state index < -0.39 is 0 Å². The maximum Gasteiger partial charge on any atom is 0.257 e. The second-order valence-electron chi connectivity index (χ2n) is 7.62. The highest BCUT2D eigenvalue weighted by molar-refractivity contribution is 5.95. The Morgan fingerprint density at radius 3 is 2.40 bits per heavy atom. The maximum atomic E-state index is 12.9. The van der Waals surface area contributed by atoms with E-state index in [1.54, 1.807) is 6.20 Å². The molecule has 0 aliphatic carbocycles. The molecule has 0 unspecified atom stereocenters. The van der Waals surface area contributed by atoms with Gasteiger partial charge in [-0.25, -0.2) is 0 Å². The van der Waals surface area contributed by atoms with Crippen LogP contribution in [-0.2, 0) is 5.54 Å². The lowest BCUT2D eigenvalue weighted by Crippen LogP contribution is -2.32. The van der Waals surface area contributed by atoms with Crippen molar-refractivity contribution >= 4 is 18.3 Å². The van der Waals surface area contributed by atoms with Crippen LogP contribution in [0.1, 0.15) is 48.3 Å². The van der Waals surface area contributed by atoms with Crippen molar-refractivity contribution in [3.05, 3.63) is 53.3 Å². The molecule has 0 bridgehead atoms. The van der Waals surface area contributed by atoms with Crippen molar-refractivity contribution in [3.63, 3.8) is 0 Å². The second-order valence-corrected chi connectivity index (χ2v) is 7.62. The Labute approximate surface area is 155 Å². The van der Waals surface area contributed by atoms with Crippen LogP contribution in [0.2, 0.25) is 0 Å². The first-order valence-electron chi connectivity index (χ1n) is 8.44. The second kappa shape index (κ2) is 7.18. The Hall–Kier alpha value is -1.85. The summed E-state index contributed by atoms with van der Waals surface area (Å²) >= 11 is 0. The molecule has 1 fully saturated rings. The molecular formula is C19H27ClN4O. The summed E-state index contributed by atoms with van der Waals surface area (Å²) in [5.74, 6) is 0.213. The smallest absolute Gasteiger partial charge is 0.257 e. The highest BCUT2D eigenvalue weighted by Crippen LogP contribution is 2.28. The van der Waals surface area contributed by atoms with Gasteiger partial charge in [0.25, 0.3) is 5.91 Å². The van der Waals surface area contributed by atoms with Crippen LogP contribution in [0.4, 0.5) is 0 Å². The number of amides is 1. The number of hydrogen-bond acceptors (Lipinski definition) is 3. The van der Waals surface area contributed by atoms with Gasteiger partial charge in [-0.2, -0.15) is 5.10 Å². The number of halogens is 1. The van der Waals surface area contributed by atoms with Crippen molar-refractivity contribution in [1.29, 1.82) is 0 Å².